The minimum absolute atomic E-state index is 0.0221. The monoisotopic (exact) mass is 219 g/mol. The average Bonchev–Trinajstić information content (AvgIpc) is 2.26. The van der Waals surface area contributed by atoms with Crippen LogP contribution in [0.25, 0.3) is 6.08 Å². The van der Waals surface area contributed by atoms with Gasteiger partial charge in [-0.2, -0.15) is 0 Å². The maximum absolute atomic E-state index is 10.6. The number of hydrogen-bond acceptors (Lipinski definition) is 2. The first kappa shape index (κ1) is 12.3. The summed E-state index contributed by atoms with van der Waals surface area (Å²) in [5, 5.41) is 2.70. The number of carbonyl (C=O) groups excluding carboxylic acids is 1. The zero-order chi connectivity index (χ0) is 12.0. The Morgan fingerprint density at radius 3 is 2.88 bits per heavy atom. The van der Waals surface area contributed by atoms with Gasteiger partial charge in [0, 0.05) is 13.5 Å². The van der Waals surface area contributed by atoms with E-state index in [0.29, 0.717) is 6.54 Å². The van der Waals surface area contributed by atoms with Crippen molar-refractivity contribution in [2.24, 2.45) is 0 Å². The molecule has 1 amide bonds. The van der Waals surface area contributed by atoms with Crippen LogP contribution in [-0.2, 0) is 4.79 Å². The van der Waals surface area contributed by atoms with Gasteiger partial charge in [-0.05, 0) is 24.1 Å². The number of methoxy groups -OCH3 is 1. The molecular formula is C13H17NO2. The molecule has 86 valence electrons. The lowest BCUT2D eigenvalue weighted by Gasteiger charge is -2.04. The molecule has 0 heterocycles. The number of benzene rings is 1. The lowest BCUT2D eigenvalue weighted by molar-refractivity contribution is -0.118. The molecule has 0 aliphatic carbocycles. The van der Waals surface area contributed by atoms with Gasteiger partial charge in [0.05, 0.1) is 7.11 Å². The van der Waals surface area contributed by atoms with E-state index in [2.05, 4.69) is 5.32 Å². The van der Waals surface area contributed by atoms with Crippen LogP contribution in [0.1, 0.15) is 18.1 Å². The quantitative estimate of drug-likeness (QED) is 0.842. The first-order valence-corrected chi connectivity index (χ1v) is 5.19. The van der Waals surface area contributed by atoms with E-state index in [1.54, 1.807) is 7.11 Å². The van der Waals surface area contributed by atoms with Crippen molar-refractivity contribution in [1.29, 1.82) is 0 Å². The Kier molecular flexibility index (Phi) is 4.58. The molecule has 3 nitrogen and oxygen atoms in total. The number of carbonyl (C=O) groups is 1. The Bertz CT molecular complexity index is 397. The number of hydrogen-bond donors (Lipinski definition) is 1. The molecule has 3 heteroatoms. The van der Waals surface area contributed by atoms with Gasteiger partial charge in [-0.25, -0.2) is 0 Å². The maximum Gasteiger partial charge on any atom is 0.217 e. The van der Waals surface area contributed by atoms with E-state index in [1.807, 2.05) is 37.3 Å². The van der Waals surface area contributed by atoms with E-state index >= 15 is 0 Å². The van der Waals surface area contributed by atoms with Crippen molar-refractivity contribution in [1.82, 2.24) is 5.32 Å². The normalized spacial score (nSPS) is 10.4. The van der Waals surface area contributed by atoms with Gasteiger partial charge in [-0.15, -0.1) is 0 Å². The fourth-order valence-corrected chi connectivity index (χ4v) is 1.34. The molecule has 0 aromatic heterocycles. The van der Waals surface area contributed by atoms with E-state index in [0.717, 1.165) is 16.9 Å². The third kappa shape index (κ3) is 3.77. The van der Waals surface area contributed by atoms with Gasteiger partial charge in [0.25, 0.3) is 0 Å². The van der Waals surface area contributed by atoms with E-state index in [4.69, 9.17) is 4.74 Å². The summed E-state index contributed by atoms with van der Waals surface area (Å²) in [6.07, 6.45) is 3.86. The van der Waals surface area contributed by atoms with Crippen LogP contribution in [0.15, 0.2) is 24.3 Å². The van der Waals surface area contributed by atoms with Gasteiger partial charge < -0.3 is 10.1 Å². The molecular weight excluding hydrogens is 202 g/mol. The summed E-state index contributed by atoms with van der Waals surface area (Å²) in [6, 6.07) is 6.00. The smallest absolute Gasteiger partial charge is 0.217 e. The highest BCUT2D eigenvalue weighted by Crippen LogP contribution is 2.19. The molecule has 16 heavy (non-hydrogen) atoms. The van der Waals surface area contributed by atoms with Crippen molar-refractivity contribution < 1.29 is 9.53 Å². The minimum atomic E-state index is -0.0221. The standard InChI is InChI=1S/C13H17NO2/c1-10-6-7-12(9-13(10)16-3)5-4-8-14-11(2)15/h4-7,9H,8H2,1-3H3,(H,14,15). The van der Waals surface area contributed by atoms with Gasteiger partial charge >= 0.3 is 0 Å². The fraction of sp³-hybridized carbons (Fsp3) is 0.308. The van der Waals surface area contributed by atoms with Gasteiger partial charge in [0.1, 0.15) is 5.75 Å². The predicted octanol–water partition coefficient (Wildman–Crippen LogP) is 2.15. The zero-order valence-corrected chi connectivity index (χ0v) is 9.91. The zero-order valence-electron chi connectivity index (χ0n) is 9.91. The average molecular weight is 219 g/mol. The molecule has 0 saturated heterocycles. The summed E-state index contributed by atoms with van der Waals surface area (Å²) in [5.74, 6) is 0.854. The molecule has 1 aromatic carbocycles. The minimum Gasteiger partial charge on any atom is -0.496 e. The lowest BCUT2D eigenvalue weighted by atomic mass is 10.1. The molecule has 0 atom stereocenters. The lowest BCUT2D eigenvalue weighted by Crippen LogP contribution is -2.19. The first-order valence-electron chi connectivity index (χ1n) is 5.19. The Balaban J connectivity index is 2.63. The van der Waals surface area contributed by atoms with Crippen molar-refractivity contribution in [3.8, 4) is 5.75 Å². The number of amides is 1. The second-order valence-electron chi connectivity index (χ2n) is 3.57. The molecule has 0 bridgehead atoms. The summed E-state index contributed by atoms with van der Waals surface area (Å²) in [4.78, 5) is 10.6. The van der Waals surface area contributed by atoms with E-state index < -0.39 is 0 Å². The third-order valence-corrected chi connectivity index (χ3v) is 2.21. The Morgan fingerprint density at radius 2 is 2.25 bits per heavy atom. The van der Waals surface area contributed by atoms with Crippen LogP contribution in [0.4, 0.5) is 0 Å². The largest absolute Gasteiger partial charge is 0.496 e. The van der Waals surface area contributed by atoms with Crippen molar-refractivity contribution >= 4 is 12.0 Å². The number of ether oxygens (including phenoxy) is 1. The van der Waals surface area contributed by atoms with Crippen LogP contribution in [0, 0.1) is 6.92 Å². The van der Waals surface area contributed by atoms with Crippen LogP contribution in [0.3, 0.4) is 0 Å². The maximum atomic E-state index is 10.6. The Labute approximate surface area is 96.1 Å². The third-order valence-electron chi connectivity index (χ3n) is 2.21. The van der Waals surface area contributed by atoms with Gasteiger partial charge in [-0.3, -0.25) is 4.79 Å². The predicted molar refractivity (Wildman–Crippen MR) is 65.4 cm³/mol. The molecule has 0 saturated carbocycles. The number of rotatable bonds is 4. The molecule has 1 aromatic rings. The first-order chi connectivity index (χ1) is 7.63. The van der Waals surface area contributed by atoms with E-state index in [1.165, 1.54) is 6.92 Å². The molecule has 1 rings (SSSR count). The Hall–Kier alpha value is -1.77. The van der Waals surface area contributed by atoms with Crippen LogP contribution in [0.2, 0.25) is 0 Å². The summed E-state index contributed by atoms with van der Waals surface area (Å²) in [5.41, 5.74) is 2.18. The van der Waals surface area contributed by atoms with E-state index in [-0.39, 0.29) is 5.91 Å². The second kappa shape index (κ2) is 5.95. The molecule has 0 aliphatic heterocycles. The van der Waals surface area contributed by atoms with E-state index in [9.17, 15) is 4.79 Å². The summed E-state index contributed by atoms with van der Waals surface area (Å²) in [7, 11) is 1.66. The van der Waals surface area contributed by atoms with Crippen molar-refractivity contribution in [2.45, 2.75) is 13.8 Å². The van der Waals surface area contributed by atoms with Crippen LogP contribution < -0.4 is 10.1 Å². The van der Waals surface area contributed by atoms with Gasteiger partial charge in [0.15, 0.2) is 0 Å². The van der Waals surface area contributed by atoms with Crippen LogP contribution in [-0.4, -0.2) is 19.6 Å². The molecule has 0 unspecified atom stereocenters. The molecule has 0 radical (unpaired) electrons. The van der Waals surface area contributed by atoms with Crippen molar-refractivity contribution in [2.75, 3.05) is 13.7 Å². The molecule has 1 N–H and O–H groups in total. The highest BCUT2D eigenvalue weighted by molar-refractivity contribution is 5.73. The van der Waals surface area contributed by atoms with Gasteiger partial charge in [-0.1, -0.05) is 24.3 Å². The van der Waals surface area contributed by atoms with Crippen molar-refractivity contribution in [3.05, 3.63) is 35.4 Å². The highest BCUT2D eigenvalue weighted by atomic mass is 16.5. The SMILES string of the molecule is COc1cc(C=CCNC(C)=O)ccc1C. The van der Waals surface area contributed by atoms with Gasteiger partial charge in [0.2, 0.25) is 5.91 Å². The highest BCUT2D eigenvalue weighted by Gasteiger charge is 1.97. The molecule has 0 aliphatic rings. The second-order valence-corrected chi connectivity index (χ2v) is 3.57. The molecule has 0 fully saturated rings. The number of nitrogens with one attached hydrogen (secondary N) is 1. The number of aryl methyl sites for hydroxylation is 1. The Morgan fingerprint density at radius 1 is 1.50 bits per heavy atom. The van der Waals surface area contributed by atoms with Crippen LogP contribution in [0.5, 0.6) is 5.75 Å². The fourth-order valence-electron chi connectivity index (χ4n) is 1.34. The van der Waals surface area contributed by atoms with Crippen LogP contribution >= 0.6 is 0 Å². The van der Waals surface area contributed by atoms with Crippen molar-refractivity contribution in [3.63, 3.8) is 0 Å². The molecule has 0 spiro atoms. The summed E-state index contributed by atoms with van der Waals surface area (Å²) < 4.78 is 5.23. The summed E-state index contributed by atoms with van der Waals surface area (Å²) >= 11 is 0. The summed E-state index contributed by atoms with van der Waals surface area (Å²) in [6.45, 7) is 4.05. The topological polar surface area (TPSA) is 38.3 Å².